The van der Waals surface area contributed by atoms with Crippen LogP contribution in [0.25, 0.3) is 0 Å². The summed E-state index contributed by atoms with van der Waals surface area (Å²) in [5.74, 6) is -0.531. The van der Waals surface area contributed by atoms with E-state index in [1.54, 1.807) is 0 Å². The lowest BCUT2D eigenvalue weighted by Crippen LogP contribution is -2.48. The summed E-state index contributed by atoms with van der Waals surface area (Å²) in [6, 6.07) is -0.637. The smallest absolute Gasteiger partial charge is 0.328 e. The van der Waals surface area contributed by atoms with Crippen LogP contribution in [-0.4, -0.2) is 36.1 Å². The normalized spacial score (nSPS) is 18.9. The van der Waals surface area contributed by atoms with Gasteiger partial charge in [-0.15, -0.1) is 0 Å². The zero-order chi connectivity index (χ0) is 26.8. The number of carbonyl (C=O) groups excluding carboxylic acids is 3. The van der Waals surface area contributed by atoms with Crippen LogP contribution in [0.3, 0.4) is 0 Å². The highest BCUT2D eigenvalue weighted by Gasteiger charge is 2.43. The van der Waals surface area contributed by atoms with Crippen LogP contribution < -0.4 is 5.32 Å². The Morgan fingerprint density at radius 2 is 1.44 bits per heavy atom. The summed E-state index contributed by atoms with van der Waals surface area (Å²) in [6.07, 6.45) is 17.9. The van der Waals surface area contributed by atoms with Gasteiger partial charge in [0.2, 0.25) is 5.91 Å². The van der Waals surface area contributed by atoms with Crippen LogP contribution in [0.1, 0.15) is 144 Å². The van der Waals surface area contributed by atoms with Crippen molar-refractivity contribution in [2.75, 3.05) is 0 Å². The van der Waals surface area contributed by atoms with E-state index in [2.05, 4.69) is 19.2 Å². The molecule has 1 saturated heterocycles. The molecule has 0 radical (unpaired) electrons. The summed E-state index contributed by atoms with van der Waals surface area (Å²) >= 11 is 0. The predicted molar refractivity (Wildman–Crippen MR) is 146 cm³/mol. The molecule has 6 nitrogen and oxygen atoms in total. The van der Waals surface area contributed by atoms with E-state index in [4.69, 9.17) is 9.47 Å². The van der Waals surface area contributed by atoms with Crippen molar-refractivity contribution in [1.82, 2.24) is 5.32 Å². The summed E-state index contributed by atoms with van der Waals surface area (Å²) < 4.78 is 11.5. The molecule has 1 heterocycles. The maximum atomic E-state index is 13.0. The number of hydrogen-bond donors (Lipinski definition) is 1. The molecule has 6 heteroatoms. The van der Waals surface area contributed by atoms with Gasteiger partial charge in [-0.1, -0.05) is 105 Å². The zero-order valence-corrected chi connectivity index (χ0v) is 23.9. The predicted octanol–water partition coefficient (Wildman–Crippen LogP) is 7.27. The number of rotatable bonds is 22. The van der Waals surface area contributed by atoms with Crippen molar-refractivity contribution in [2.24, 2.45) is 11.8 Å². The summed E-state index contributed by atoms with van der Waals surface area (Å²) in [7, 11) is 0. The summed E-state index contributed by atoms with van der Waals surface area (Å²) in [4.78, 5) is 36.8. The number of esters is 2. The summed E-state index contributed by atoms with van der Waals surface area (Å²) in [5, 5.41) is 2.76. The van der Waals surface area contributed by atoms with Gasteiger partial charge in [0.05, 0.1) is 5.92 Å². The number of hydrogen-bond acceptors (Lipinski definition) is 5. The quantitative estimate of drug-likeness (QED) is 0.123. The Kier molecular flexibility index (Phi) is 17.6. The fourth-order valence-electron chi connectivity index (χ4n) is 5.05. The molecule has 0 aromatic rings. The average Bonchev–Trinajstić information content (AvgIpc) is 2.81. The van der Waals surface area contributed by atoms with Crippen molar-refractivity contribution in [3.05, 3.63) is 0 Å². The van der Waals surface area contributed by atoms with Crippen molar-refractivity contribution in [2.45, 2.75) is 162 Å². The fourth-order valence-corrected chi connectivity index (χ4v) is 5.05. The Labute approximate surface area is 221 Å². The zero-order valence-electron chi connectivity index (χ0n) is 23.9. The van der Waals surface area contributed by atoms with E-state index in [0.717, 1.165) is 38.5 Å². The maximum Gasteiger partial charge on any atom is 0.328 e. The molecule has 0 aromatic heterocycles. The van der Waals surface area contributed by atoms with Gasteiger partial charge in [0.1, 0.15) is 18.2 Å². The van der Waals surface area contributed by atoms with Crippen LogP contribution in [-0.2, 0) is 23.9 Å². The molecule has 0 saturated carbocycles. The van der Waals surface area contributed by atoms with E-state index in [1.165, 1.54) is 64.7 Å². The Morgan fingerprint density at radius 3 is 1.97 bits per heavy atom. The minimum Gasteiger partial charge on any atom is -0.461 e. The van der Waals surface area contributed by atoms with E-state index in [9.17, 15) is 14.4 Å². The molecular weight excluding hydrogens is 454 g/mol. The van der Waals surface area contributed by atoms with Crippen LogP contribution in [0, 0.1) is 11.8 Å². The van der Waals surface area contributed by atoms with E-state index in [-0.39, 0.29) is 41.9 Å². The molecule has 1 aliphatic rings. The van der Waals surface area contributed by atoms with Crippen molar-refractivity contribution >= 4 is 17.8 Å². The standard InChI is InChI=1S/C30H55NO5/c1-6-8-10-12-13-14-15-16-17-19-25(35-30(34)27(21-23(3)4)31-24(5)32)22-28-26(29(33)36-28)20-18-11-9-7-2/h23,25-28H,6-22H2,1-5H3,(H,31,32). The Balaban J connectivity index is 2.63. The average molecular weight is 510 g/mol. The molecule has 0 bridgehead atoms. The van der Waals surface area contributed by atoms with E-state index in [0.29, 0.717) is 12.8 Å². The number of carbonyl (C=O) groups is 3. The van der Waals surface area contributed by atoms with Crippen LogP contribution >= 0.6 is 0 Å². The molecule has 1 aliphatic heterocycles. The van der Waals surface area contributed by atoms with Gasteiger partial charge in [-0.3, -0.25) is 9.59 Å². The number of amides is 1. The Bertz CT molecular complexity index is 620. The lowest BCUT2D eigenvalue weighted by Gasteiger charge is -2.37. The lowest BCUT2D eigenvalue weighted by molar-refractivity contribution is -0.190. The first-order chi connectivity index (χ1) is 17.3. The monoisotopic (exact) mass is 509 g/mol. The molecule has 36 heavy (non-hydrogen) atoms. The van der Waals surface area contributed by atoms with Gasteiger partial charge < -0.3 is 14.8 Å². The van der Waals surface area contributed by atoms with Crippen LogP contribution in [0.5, 0.6) is 0 Å². The van der Waals surface area contributed by atoms with Gasteiger partial charge >= 0.3 is 11.9 Å². The molecule has 0 aromatic carbocycles. The fraction of sp³-hybridized carbons (Fsp3) is 0.900. The first kappa shape index (κ1) is 32.4. The number of nitrogens with one attached hydrogen (secondary N) is 1. The minimum absolute atomic E-state index is 0.0759. The molecule has 1 fully saturated rings. The highest BCUT2D eigenvalue weighted by molar-refractivity contribution is 5.83. The van der Waals surface area contributed by atoms with Crippen molar-refractivity contribution < 1.29 is 23.9 Å². The van der Waals surface area contributed by atoms with Gasteiger partial charge in [-0.25, -0.2) is 4.79 Å². The molecule has 1 amide bonds. The van der Waals surface area contributed by atoms with Gasteiger partial charge in [-0.2, -0.15) is 0 Å². The number of cyclic esters (lactones) is 1. The third-order valence-electron chi connectivity index (χ3n) is 7.16. The topological polar surface area (TPSA) is 81.7 Å². The van der Waals surface area contributed by atoms with Gasteiger partial charge in [0.15, 0.2) is 0 Å². The molecule has 4 atom stereocenters. The second-order valence-electron chi connectivity index (χ2n) is 11.2. The van der Waals surface area contributed by atoms with Crippen molar-refractivity contribution in [3.8, 4) is 0 Å². The van der Waals surface area contributed by atoms with E-state index in [1.807, 2.05) is 13.8 Å². The third-order valence-corrected chi connectivity index (χ3v) is 7.16. The minimum atomic E-state index is -0.637. The number of ether oxygens (including phenoxy) is 2. The second kappa shape index (κ2) is 19.5. The summed E-state index contributed by atoms with van der Waals surface area (Å²) in [5.41, 5.74) is 0. The van der Waals surface area contributed by atoms with Crippen LogP contribution in [0.4, 0.5) is 0 Å². The molecule has 0 aliphatic carbocycles. The largest absolute Gasteiger partial charge is 0.461 e. The molecule has 1 N–H and O–H groups in total. The molecule has 4 unspecified atom stereocenters. The van der Waals surface area contributed by atoms with Crippen LogP contribution in [0.15, 0.2) is 0 Å². The first-order valence-electron chi connectivity index (χ1n) is 15.0. The molecule has 1 rings (SSSR count). The van der Waals surface area contributed by atoms with Crippen molar-refractivity contribution in [1.29, 1.82) is 0 Å². The van der Waals surface area contributed by atoms with Gasteiger partial charge in [0, 0.05) is 13.3 Å². The Hall–Kier alpha value is -1.59. The van der Waals surface area contributed by atoms with Crippen molar-refractivity contribution in [3.63, 3.8) is 0 Å². The second-order valence-corrected chi connectivity index (χ2v) is 11.2. The van der Waals surface area contributed by atoms with E-state index < -0.39 is 6.04 Å². The third kappa shape index (κ3) is 14.2. The molecular formula is C30H55NO5. The Morgan fingerprint density at radius 1 is 0.889 bits per heavy atom. The lowest BCUT2D eigenvalue weighted by atomic mass is 9.86. The SMILES string of the molecule is CCCCCCCCCCCC(CC1OC(=O)C1CCCCCC)OC(=O)C(CC(C)C)NC(C)=O. The highest BCUT2D eigenvalue weighted by atomic mass is 16.6. The summed E-state index contributed by atoms with van der Waals surface area (Å²) in [6.45, 7) is 9.90. The van der Waals surface area contributed by atoms with E-state index >= 15 is 0 Å². The highest BCUT2D eigenvalue weighted by Crippen LogP contribution is 2.32. The van der Waals surface area contributed by atoms with Crippen LogP contribution in [0.2, 0.25) is 0 Å². The maximum absolute atomic E-state index is 13.0. The van der Waals surface area contributed by atoms with Gasteiger partial charge in [-0.05, 0) is 31.6 Å². The molecule has 210 valence electrons. The number of unbranched alkanes of at least 4 members (excludes halogenated alkanes) is 11. The first-order valence-corrected chi connectivity index (χ1v) is 15.0. The molecule has 0 spiro atoms. The van der Waals surface area contributed by atoms with Gasteiger partial charge in [0.25, 0.3) is 0 Å².